The van der Waals surface area contributed by atoms with Crippen LogP contribution in [0.4, 0.5) is 9.18 Å². The number of benzene rings is 2. The summed E-state index contributed by atoms with van der Waals surface area (Å²) in [6.45, 7) is 2.21. The van der Waals surface area contributed by atoms with E-state index in [2.05, 4.69) is 15.2 Å². The topological polar surface area (TPSA) is 93.2 Å². The van der Waals surface area contributed by atoms with Gasteiger partial charge in [-0.2, -0.15) is 0 Å². The average molecular weight is 552 g/mol. The highest BCUT2D eigenvalue weighted by Gasteiger charge is 2.26. The first kappa shape index (κ1) is 25.9. The molecule has 0 fully saturated rings. The number of halogens is 3. The van der Waals surface area contributed by atoms with Crippen LogP contribution in [0.25, 0.3) is 17.0 Å². The minimum atomic E-state index is -0.529. The van der Waals surface area contributed by atoms with Gasteiger partial charge in [-0.3, -0.25) is 14.3 Å². The van der Waals surface area contributed by atoms with Gasteiger partial charge >= 0.3 is 6.03 Å². The van der Waals surface area contributed by atoms with Crippen molar-refractivity contribution in [2.75, 3.05) is 13.1 Å². The summed E-state index contributed by atoms with van der Waals surface area (Å²) in [6, 6.07) is 13.0. The molecule has 2 amide bonds. The van der Waals surface area contributed by atoms with Gasteiger partial charge in [0.25, 0.3) is 0 Å². The van der Waals surface area contributed by atoms with E-state index in [-0.39, 0.29) is 17.6 Å². The molecule has 0 radical (unpaired) electrons. The Balaban J connectivity index is 1.41. The van der Waals surface area contributed by atoms with Gasteiger partial charge in [0.2, 0.25) is 5.91 Å². The van der Waals surface area contributed by atoms with Gasteiger partial charge < -0.3 is 11.1 Å². The number of nitrogens with one attached hydrogen (secondary N) is 1. The number of hydrogen-bond donors (Lipinski definition) is 2. The second-order valence-electron chi connectivity index (χ2n) is 9.06. The Morgan fingerprint density at radius 3 is 2.74 bits per heavy atom. The third kappa shape index (κ3) is 5.43. The average Bonchev–Trinajstić information content (AvgIpc) is 3.22. The predicted octanol–water partition coefficient (Wildman–Crippen LogP) is 5.41. The number of pyridine rings is 1. The van der Waals surface area contributed by atoms with E-state index in [1.165, 1.54) is 12.1 Å². The number of aromatic nitrogens is 2. The van der Waals surface area contributed by atoms with Crippen molar-refractivity contribution in [1.82, 2.24) is 19.8 Å². The van der Waals surface area contributed by atoms with Crippen molar-refractivity contribution >= 4 is 52.1 Å². The quantitative estimate of drug-likeness (QED) is 0.313. The van der Waals surface area contributed by atoms with Gasteiger partial charge in [-0.05, 0) is 59.2 Å². The van der Waals surface area contributed by atoms with Gasteiger partial charge in [-0.25, -0.2) is 14.2 Å². The summed E-state index contributed by atoms with van der Waals surface area (Å²) in [5, 5.41) is 4.22. The zero-order chi connectivity index (χ0) is 26.8. The number of carbonyl (C=O) groups excluding carboxylic acids is 2. The molecule has 3 heterocycles. The van der Waals surface area contributed by atoms with Crippen molar-refractivity contribution in [2.45, 2.75) is 19.5 Å². The molecule has 10 heteroatoms. The number of carbonyl (C=O) groups is 2. The van der Waals surface area contributed by atoms with Crippen LogP contribution < -0.4 is 11.1 Å². The van der Waals surface area contributed by atoms with Gasteiger partial charge in [0, 0.05) is 55.4 Å². The molecule has 2 aromatic heterocycles. The number of hydrogen-bond acceptors (Lipinski definition) is 4. The molecule has 2 aromatic carbocycles. The van der Waals surface area contributed by atoms with Crippen molar-refractivity contribution in [3.8, 4) is 0 Å². The maximum atomic E-state index is 13.7. The Hall–Kier alpha value is -3.72. The molecule has 0 saturated heterocycles. The van der Waals surface area contributed by atoms with Crippen LogP contribution in [-0.4, -0.2) is 39.5 Å². The Labute approximate surface area is 228 Å². The van der Waals surface area contributed by atoms with E-state index in [1.807, 2.05) is 12.2 Å². The third-order valence-corrected chi connectivity index (χ3v) is 7.08. The summed E-state index contributed by atoms with van der Waals surface area (Å²) >= 11 is 11.7. The van der Waals surface area contributed by atoms with Crippen LogP contribution in [0.5, 0.6) is 0 Å². The van der Waals surface area contributed by atoms with Gasteiger partial charge in [0.05, 0.1) is 10.5 Å². The number of nitrogens with zero attached hydrogens (tertiary/aromatic N) is 3. The molecular formula is C28H24Cl2FN5O2. The summed E-state index contributed by atoms with van der Waals surface area (Å²) in [7, 11) is 0. The van der Waals surface area contributed by atoms with Crippen LogP contribution in [0.3, 0.4) is 0 Å². The molecule has 0 aliphatic carbocycles. The van der Waals surface area contributed by atoms with Crippen LogP contribution in [-0.2, 0) is 19.5 Å². The van der Waals surface area contributed by atoms with Crippen LogP contribution in [0, 0.1) is 5.82 Å². The van der Waals surface area contributed by atoms with E-state index < -0.39 is 11.7 Å². The zero-order valence-electron chi connectivity index (χ0n) is 20.3. The first-order valence-corrected chi connectivity index (χ1v) is 12.7. The molecule has 194 valence electrons. The van der Waals surface area contributed by atoms with E-state index in [0.717, 1.165) is 34.3 Å². The van der Waals surface area contributed by atoms with Gasteiger partial charge in [-0.15, -0.1) is 0 Å². The lowest BCUT2D eigenvalue weighted by Crippen LogP contribution is -2.34. The summed E-state index contributed by atoms with van der Waals surface area (Å²) in [4.78, 5) is 31.5. The number of amides is 2. The third-order valence-electron chi connectivity index (χ3n) is 6.57. The fourth-order valence-corrected chi connectivity index (χ4v) is 5.03. The van der Waals surface area contributed by atoms with E-state index in [0.29, 0.717) is 35.7 Å². The number of primary amides is 1. The first-order chi connectivity index (χ1) is 18.3. The molecular weight excluding hydrogens is 528 g/mol. The molecule has 0 spiro atoms. The highest BCUT2D eigenvalue weighted by molar-refractivity contribution is 6.30. The van der Waals surface area contributed by atoms with Crippen molar-refractivity contribution in [1.29, 1.82) is 0 Å². The number of nitrogens with two attached hydrogens (primary N) is 1. The van der Waals surface area contributed by atoms with Crippen LogP contribution in [0.15, 0.2) is 60.8 Å². The summed E-state index contributed by atoms with van der Waals surface area (Å²) in [5.74, 6) is -0.988. The van der Waals surface area contributed by atoms with Crippen LogP contribution in [0.2, 0.25) is 10.2 Å². The minimum Gasteiger partial charge on any atom is -0.366 e. The first-order valence-electron chi connectivity index (χ1n) is 12.0. The number of fused-ring (bicyclic) bond motifs is 3. The van der Waals surface area contributed by atoms with Crippen molar-refractivity contribution < 1.29 is 14.0 Å². The number of rotatable bonds is 6. The second-order valence-corrected chi connectivity index (χ2v) is 9.86. The molecule has 0 atom stereocenters. The Bertz CT molecular complexity index is 1580. The lowest BCUT2D eigenvalue weighted by molar-refractivity contribution is 0.100. The largest absolute Gasteiger partial charge is 0.366 e. The smallest absolute Gasteiger partial charge is 0.326 e. The van der Waals surface area contributed by atoms with Crippen molar-refractivity contribution in [3.05, 3.63) is 105 Å². The molecule has 0 bridgehead atoms. The minimum absolute atomic E-state index is 0.0889. The van der Waals surface area contributed by atoms with Crippen molar-refractivity contribution in [3.63, 3.8) is 0 Å². The lowest BCUT2D eigenvalue weighted by atomic mass is 10.0. The second kappa shape index (κ2) is 10.9. The van der Waals surface area contributed by atoms with E-state index in [4.69, 9.17) is 28.9 Å². The monoisotopic (exact) mass is 551 g/mol. The van der Waals surface area contributed by atoms with E-state index in [9.17, 15) is 14.0 Å². The fourth-order valence-electron chi connectivity index (χ4n) is 4.72. The normalized spacial score (nSPS) is 13.7. The molecule has 4 aromatic rings. The molecule has 0 saturated carbocycles. The fraction of sp³-hybridized carbons (Fsp3) is 0.179. The maximum Gasteiger partial charge on any atom is 0.326 e. The Morgan fingerprint density at radius 2 is 1.97 bits per heavy atom. The highest BCUT2D eigenvalue weighted by Crippen LogP contribution is 2.32. The summed E-state index contributed by atoms with van der Waals surface area (Å²) < 4.78 is 15.4. The highest BCUT2D eigenvalue weighted by atomic mass is 35.5. The summed E-state index contributed by atoms with van der Waals surface area (Å²) in [6.07, 6.45) is 6.04. The molecule has 0 unspecified atom stereocenters. The van der Waals surface area contributed by atoms with Gasteiger partial charge in [0.15, 0.2) is 0 Å². The zero-order valence-corrected chi connectivity index (χ0v) is 21.8. The van der Waals surface area contributed by atoms with Crippen LogP contribution >= 0.6 is 23.2 Å². The molecule has 7 nitrogen and oxygen atoms in total. The van der Waals surface area contributed by atoms with Gasteiger partial charge in [0.1, 0.15) is 11.0 Å². The molecule has 38 heavy (non-hydrogen) atoms. The lowest BCUT2D eigenvalue weighted by Gasteiger charge is -2.27. The Kier molecular flexibility index (Phi) is 7.46. The predicted molar refractivity (Wildman–Crippen MR) is 147 cm³/mol. The maximum absolute atomic E-state index is 13.7. The van der Waals surface area contributed by atoms with Crippen molar-refractivity contribution in [2.24, 2.45) is 5.73 Å². The van der Waals surface area contributed by atoms with E-state index in [1.54, 1.807) is 47.2 Å². The van der Waals surface area contributed by atoms with Crippen LogP contribution in [0.1, 0.15) is 32.7 Å². The molecule has 1 aliphatic rings. The molecule has 3 N–H and O–H groups in total. The van der Waals surface area contributed by atoms with Gasteiger partial charge in [-0.1, -0.05) is 41.4 Å². The standard InChI is InChI=1S/C28H24Cl2FN5O2/c29-22-5-3-17(12-23(22)31)2-1-10-35-11-8-25-21(16-35)20-14-19(27(32)37)4-6-24(20)36(25)28(38)34-15-18-7-9-33-26(30)13-18/h1-7,9,12-14H,8,10-11,15-16H2,(H2,32,37)(H,34,38)/b2-1+. The van der Waals surface area contributed by atoms with E-state index >= 15 is 0 Å². The Morgan fingerprint density at radius 1 is 1.13 bits per heavy atom. The SMILES string of the molecule is NC(=O)c1ccc2c(c1)c1c(n2C(=O)NCc2ccnc(Cl)c2)CCN(C/C=C/c2ccc(Cl)c(F)c2)C1. The molecule has 1 aliphatic heterocycles. The molecule has 5 rings (SSSR count). The summed E-state index contributed by atoms with van der Waals surface area (Å²) in [5.41, 5.74) is 10.1.